The van der Waals surface area contributed by atoms with E-state index < -0.39 is 0 Å². The lowest BCUT2D eigenvalue weighted by atomic mass is 10.1. The van der Waals surface area contributed by atoms with E-state index in [9.17, 15) is 4.79 Å². The Hall–Kier alpha value is -2.63. The Balaban J connectivity index is 1.62. The van der Waals surface area contributed by atoms with Crippen LogP contribution in [0.5, 0.6) is 5.88 Å². The summed E-state index contributed by atoms with van der Waals surface area (Å²) in [5.41, 5.74) is 3.84. The average Bonchev–Trinajstić information content (AvgIpc) is 2.91. The molecule has 1 aromatic heterocycles. The van der Waals surface area contributed by atoms with Gasteiger partial charge in [-0.3, -0.25) is 4.79 Å². The van der Waals surface area contributed by atoms with Gasteiger partial charge in [-0.2, -0.15) is 4.98 Å². The number of amides is 1. The summed E-state index contributed by atoms with van der Waals surface area (Å²) in [7, 11) is 0. The molecule has 0 saturated carbocycles. The normalized spacial score (nSPS) is 14.6. The molecule has 1 aromatic carbocycles. The zero-order valence-electron chi connectivity index (χ0n) is 16.4. The van der Waals surface area contributed by atoms with Crippen LogP contribution in [0.25, 0.3) is 0 Å². The highest BCUT2D eigenvalue weighted by molar-refractivity contribution is 5.92. The molecule has 1 fully saturated rings. The summed E-state index contributed by atoms with van der Waals surface area (Å²) in [5.74, 6) is 0.939. The van der Waals surface area contributed by atoms with Crippen LogP contribution < -0.4 is 15.0 Å². The molecular formula is C21H28N4O2. The van der Waals surface area contributed by atoms with Crippen LogP contribution >= 0.6 is 0 Å². The lowest BCUT2D eigenvalue weighted by Gasteiger charge is -2.21. The molecule has 6 heteroatoms. The number of carbonyl (C=O) groups excluding carboxylic acids is 1. The number of carbonyl (C=O) groups is 1. The van der Waals surface area contributed by atoms with Gasteiger partial charge in [-0.1, -0.05) is 30.5 Å². The summed E-state index contributed by atoms with van der Waals surface area (Å²) in [6, 6.07) is 7.70. The van der Waals surface area contributed by atoms with Crippen molar-refractivity contribution in [2.75, 3.05) is 29.9 Å². The molecule has 0 spiro atoms. The van der Waals surface area contributed by atoms with Crippen molar-refractivity contribution in [2.45, 2.75) is 46.5 Å². The highest BCUT2D eigenvalue weighted by Gasteiger charge is 2.15. The van der Waals surface area contributed by atoms with Gasteiger partial charge in [-0.05, 0) is 45.2 Å². The van der Waals surface area contributed by atoms with Crippen molar-refractivity contribution < 1.29 is 9.53 Å². The Morgan fingerprint density at radius 2 is 1.81 bits per heavy atom. The molecule has 1 aliphatic rings. The van der Waals surface area contributed by atoms with Crippen LogP contribution in [0.4, 0.5) is 11.6 Å². The molecule has 0 bridgehead atoms. The van der Waals surface area contributed by atoms with Crippen LogP contribution in [-0.4, -0.2) is 35.6 Å². The highest BCUT2D eigenvalue weighted by atomic mass is 16.5. The molecule has 27 heavy (non-hydrogen) atoms. The number of nitrogens with one attached hydrogen (secondary N) is 1. The molecule has 3 rings (SSSR count). The van der Waals surface area contributed by atoms with Crippen molar-refractivity contribution in [3.05, 3.63) is 41.1 Å². The Labute approximate surface area is 161 Å². The Kier molecular flexibility index (Phi) is 6.27. The van der Waals surface area contributed by atoms with Crippen molar-refractivity contribution in [2.24, 2.45) is 0 Å². The van der Waals surface area contributed by atoms with Gasteiger partial charge in [0.25, 0.3) is 5.91 Å². The molecule has 1 amide bonds. The summed E-state index contributed by atoms with van der Waals surface area (Å²) in [6.45, 7) is 7.78. The topological polar surface area (TPSA) is 67.3 Å². The first-order chi connectivity index (χ1) is 13.0. The fraction of sp³-hybridized carbons (Fsp3) is 0.476. The lowest BCUT2D eigenvalue weighted by Crippen LogP contribution is -2.26. The van der Waals surface area contributed by atoms with Gasteiger partial charge < -0.3 is 15.0 Å². The average molecular weight is 368 g/mol. The van der Waals surface area contributed by atoms with E-state index in [1.54, 1.807) is 6.07 Å². The highest BCUT2D eigenvalue weighted by Crippen LogP contribution is 2.20. The van der Waals surface area contributed by atoms with Crippen LogP contribution in [0.1, 0.15) is 42.5 Å². The predicted molar refractivity (Wildman–Crippen MR) is 107 cm³/mol. The minimum absolute atomic E-state index is 0.0801. The van der Waals surface area contributed by atoms with E-state index in [1.807, 2.05) is 39.0 Å². The number of rotatable bonds is 5. The maximum atomic E-state index is 12.2. The SMILES string of the molecule is Cc1ccc(NC(=O)COc2cc(C)nc(N3CCCCCC3)n2)c(C)c1. The van der Waals surface area contributed by atoms with Gasteiger partial charge in [0.2, 0.25) is 11.8 Å². The molecule has 1 saturated heterocycles. The Morgan fingerprint density at radius 1 is 1.07 bits per heavy atom. The third kappa shape index (κ3) is 5.42. The Bertz CT molecular complexity index is 799. The lowest BCUT2D eigenvalue weighted by molar-refractivity contribution is -0.118. The monoisotopic (exact) mass is 368 g/mol. The second kappa shape index (κ2) is 8.84. The summed E-state index contributed by atoms with van der Waals surface area (Å²) in [4.78, 5) is 23.5. The quantitative estimate of drug-likeness (QED) is 0.869. The fourth-order valence-corrected chi connectivity index (χ4v) is 3.29. The molecule has 2 aromatic rings. The first-order valence-corrected chi connectivity index (χ1v) is 9.62. The number of benzene rings is 1. The number of nitrogens with zero attached hydrogens (tertiary/aromatic N) is 3. The molecule has 0 atom stereocenters. The third-order valence-corrected chi connectivity index (χ3v) is 4.71. The maximum absolute atomic E-state index is 12.2. The molecule has 144 valence electrons. The van der Waals surface area contributed by atoms with Gasteiger partial charge in [-0.25, -0.2) is 4.98 Å². The Morgan fingerprint density at radius 3 is 2.52 bits per heavy atom. The number of hydrogen-bond acceptors (Lipinski definition) is 5. The molecule has 1 aliphatic heterocycles. The fourth-order valence-electron chi connectivity index (χ4n) is 3.29. The van der Waals surface area contributed by atoms with E-state index in [0.29, 0.717) is 11.8 Å². The van der Waals surface area contributed by atoms with E-state index in [-0.39, 0.29) is 12.5 Å². The smallest absolute Gasteiger partial charge is 0.262 e. The van der Waals surface area contributed by atoms with Crippen molar-refractivity contribution >= 4 is 17.5 Å². The summed E-state index contributed by atoms with van der Waals surface area (Å²) < 4.78 is 5.66. The third-order valence-electron chi connectivity index (χ3n) is 4.71. The van der Waals surface area contributed by atoms with E-state index in [0.717, 1.165) is 42.9 Å². The number of hydrogen-bond donors (Lipinski definition) is 1. The number of ether oxygens (including phenoxy) is 1. The van der Waals surface area contributed by atoms with Crippen molar-refractivity contribution in [1.82, 2.24) is 9.97 Å². The number of aromatic nitrogens is 2. The van der Waals surface area contributed by atoms with Crippen LogP contribution in [0.3, 0.4) is 0 Å². The number of aryl methyl sites for hydroxylation is 3. The molecular weight excluding hydrogens is 340 g/mol. The van der Waals surface area contributed by atoms with Gasteiger partial charge in [0.15, 0.2) is 6.61 Å². The molecule has 0 unspecified atom stereocenters. The van der Waals surface area contributed by atoms with Crippen molar-refractivity contribution in [3.63, 3.8) is 0 Å². The van der Waals surface area contributed by atoms with E-state index in [1.165, 1.54) is 18.4 Å². The molecule has 6 nitrogen and oxygen atoms in total. The van der Waals surface area contributed by atoms with Gasteiger partial charge >= 0.3 is 0 Å². The van der Waals surface area contributed by atoms with E-state index in [4.69, 9.17) is 4.74 Å². The molecule has 2 heterocycles. The van der Waals surface area contributed by atoms with E-state index >= 15 is 0 Å². The van der Waals surface area contributed by atoms with Crippen LogP contribution in [0, 0.1) is 20.8 Å². The summed E-state index contributed by atoms with van der Waals surface area (Å²) in [5, 5.41) is 2.89. The maximum Gasteiger partial charge on any atom is 0.262 e. The second-order valence-electron chi connectivity index (χ2n) is 7.20. The standard InChI is InChI=1S/C21H28N4O2/c1-15-8-9-18(16(2)12-15)23-19(26)14-27-20-13-17(3)22-21(24-20)25-10-6-4-5-7-11-25/h8-9,12-13H,4-7,10-11,14H2,1-3H3,(H,23,26). The van der Waals surface area contributed by atoms with Gasteiger partial charge in [0.05, 0.1) is 0 Å². The van der Waals surface area contributed by atoms with Crippen LogP contribution in [0.2, 0.25) is 0 Å². The summed E-state index contributed by atoms with van der Waals surface area (Å²) in [6.07, 6.45) is 4.83. The predicted octanol–water partition coefficient (Wildman–Crippen LogP) is 3.80. The minimum Gasteiger partial charge on any atom is -0.467 e. The van der Waals surface area contributed by atoms with Crippen molar-refractivity contribution in [1.29, 1.82) is 0 Å². The van der Waals surface area contributed by atoms with Gasteiger partial charge in [-0.15, -0.1) is 0 Å². The zero-order valence-corrected chi connectivity index (χ0v) is 16.4. The first kappa shape index (κ1) is 19.1. The first-order valence-electron chi connectivity index (χ1n) is 9.62. The minimum atomic E-state index is -0.199. The molecule has 1 N–H and O–H groups in total. The summed E-state index contributed by atoms with van der Waals surface area (Å²) >= 11 is 0. The van der Waals surface area contributed by atoms with Crippen LogP contribution in [0.15, 0.2) is 24.3 Å². The van der Waals surface area contributed by atoms with Crippen LogP contribution in [-0.2, 0) is 4.79 Å². The van der Waals surface area contributed by atoms with Crippen molar-refractivity contribution in [3.8, 4) is 5.88 Å². The number of anilines is 2. The largest absolute Gasteiger partial charge is 0.467 e. The second-order valence-corrected chi connectivity index (χ2v) is 7.20. The zero-order chi connectivity index (χ0) is 19.2. The molecule has 0 aliphatic carbocycles. The van der Waals surface area contributed by atoms with Gasteiger partial charge in [0.1, 0.15) is 0 Å². The molecule has 0 radical (unpaired) electrons. The van der Waals surface area contributed by atoms with E-state index in [2.05, 4.69) is 20.2 Å². The van der Waals surface area contributed by atoms with Gasteiger partial charge in [0, 0.05) is 30.5 Å².